The van der Waals surface area contributed by atoms with E-state index in [0.717, 1.165) is 33.4 Å². The van der Waals surface area contributed by atoms with Crippen LogP contribution in [-0.4, -0.2) is 51.1 Å². The molecule has 8 heteroatoms. The SMILES string of the molecule is CNC(=O)c1sc2ccccc2c1C[C@H]1CCCN1C(=O)c1ccc(-n2cccn2)nc1. The summed E-state index contributed by atoms with van der Waals surface area (Å²) in [4.78, 5) is 32.9. The Bertz CT molecular complexity index is 1260. The first-order valence-corrected chi connectivity index (χ1v) is 11.5. The molecule has 5 rings (SSSR count). The summed E-state index contributed by atoms with van der Waals surface area (Å²) in [5.74, 6) is 0.577. The van der Waals surface area contributed by atoms with Crippen LogP contribution in [0.3, 0.4) is 0 Å². The van der Waals surface area contributed by atoms with Crippen molar-refractivity contribution in [3.05, 3.63) is 77.1 Å². The molecule has 1 N–H and O–H groups in total. The van der Waals surface area contributed by atoms with Crippen LogP contribution >= 0.6 is 11.3 Å². The van der Waals surface area contributed by atoms with Gasteiger partial charge in [-0.05, 0) is 54.5 Å². The molecule has 0 bridgehead atoms. The predicted molar refractivity (Wildman–Crippen MR) is 124 cm³/mol. The summed E-state index contributed by atoms with van der Waals surface area (Å²) in [6, 6.07) is 13.6. The highest BCUT2D eigenvalue weighted by Gasteiger charge is 2.32. The van der Waals surface area contributed by atoms with Gasteiger partial charge in [0.15, 0.2) is 5.82 Å². The van der Waals surface area contributed by atoms with Gasteiger partial charge in [0.05, 0.1) is 10.4 Å². The lowest BCUT2D eigenvalue weighted by Gasteiger charge is -2.25. The van der Waals surface area contributed by atoms with Gasteiger partial charge in [0, 0.05) is 42.9 Å². The monoisotopic (exact) mass is 445 g/mol. The van der Waals surface area contributed by atoms with Crippen molar-refractivity contribution >= 4 is 33.2 Å². The molecule has 0 spiro atoms. The number of nitrogens with zero attached hydrogens (tertiary/aromatic N) is 4. The van der Waals surface area contributed by atoms with Crippen LogP contribution in [0.5, 0.6) is 0 Å². The van der Waals surface area contributed by atoms with E-state index >= 15 is 0 Å². The van der Waals surface area contributed by atoms with E-state index < -0.39 is 0 Å². The third kappa shape index (κ3) is 3.67. The second-order valence-corrected chi connectivity index (χ2v) is 8.89. The lowest BCUT2D eigenvalue weighted by atomic mass is 10.00. The van der Waals surface area contributed by atoms with Gasteiger partial charge in [0.25, 0.3) is 11.8 Å². The summed E-state index contributed by atoms with van der Waals surface area (Å²) in [6.45, 7) is 0.710. The molecule has 3 aromatic heterocycles. The topological polar surface area (TPSA) is 80.1 Å². The molecule has 7 nitrogen and oxygen atoms in total. The summed E-state index contributed by atoms with van der Waals surface area (Å²) < 4.78 is 2.75. The molecule has 1 atom stereocenters. The van der Waals surface area contributed by atoms with Crippen LogP contribution in [0.2, 0.25) is 0 Å². The number of carbonyl (C=O) groups excluding carboxylic acids is 2. The van der Waals surface area contributed by atoms with E-state index in [1.165, 1.54) is 11.3 Å². The fraction of sp³-hybridized carbons (Fsp3) is 0.250. The first-order chi connectivity index (χ1) is 15.7. The molecule has 0 aliphatic carbocycles. The van der Waals surface area contributed by atoms with Gasteiger partial charge in [0.1, 0.15) is 0 Å². The molecule has 4 heterocycles. The molecular weight excluding hydrogens is 422 g/mol. The second-order valence-electron chi connectivity index (χ2n) is 7.84. The van der Waals surface area contributed by atoms with Crippen LogP contribution in [0.15, 0.2) is 61.1 Å². The Labute approximate surface area is 189 Å². The molecule has 0 saturated carbocycles. The van der Waals surface area contributed by atoms with E-state index in [1.54, 1.807) is 36.3 Å². The Kier molecular flexibility index (Phi) is 5.45. The number of fused-ring (bicyclic) bond motifs is 1. The predicted octanol–water partition coefficient (Wildman–Crippen LogP) is 3.69. The van der Waals surface area contributed by atoms with Crippen LogP contribution in [-0.2, 0) is 6.42 Å². The van der Waals surface area contributed by atoms with Crippen LogP contribution < -0.4 is 5.32 Å². The molecule has 1 aliphatic heterocycles. The number of amides is 2. The first kappa shape index (κ1) is 20.4. The number of nitrogens with one attached hydrogen (secondary N) is 1. The van der Waals surface area contributed by atoms with E-state index in [-0.39, 0.29) is 17.9 Å². The van der Waals surface area contributed by atoms with Crippen LogP contribution in [0.4, 0.5) is 0 Å². The van der Waals surface area contributed by atoms with Crippen molar-refractivity contribution < 1.29 is 9.59 Å². The van der Waals surface area contributed by atoms with E-state index in [1.807, 2.05) is 35.4 Å². The number of benzene rings is 1. The highest BCUT2D eigenvalue weighted by atomic mass is 32.1. The third-order valence-electron chi connectivity index (χ3n) is 5.94. The van der Waals surface area contributed by atoms with Crippen molar-refractivity contribution in [2.45, 2.75) is 25.3 Å². The molecular formula is C24H23N5O2S. The highest BCUT2D eigenvalue weighted by Crippen LogP contribution is 2.34. The summed E-state index contributed by atoms with van der Waals surface area (Å²) in [7, 11) is 1.65. The van der Waals surface area contributed by atoms with Crippen molar-refractivity contribution in [2.75, 3.05) is 13.6 Å². The molecule has 0 unspecified atom stereocenters. The first-order valence-electron chi connectivity index (χ1n) is 10.6. The van der Waals surface area contributed by atoms with E-state index in [4.69, 9.17) is 0 Å². The Morgan fingerprint density at radius 1 is 1.19 bits per heavy atom. The van der Waals surface area contributed by atoms with Crippen molar-refractivity contribution in [1.82, 2.24) is 25.0 Å². The van der Waals surface area contributed by atoms with Gasteiger partial charge in [0.2, 0.25) is 0 Å². The zero-order valence-corrected chi connectivity index (χ0v) is 18.5. The smallest absolute Gasteiger partial charge is 0.261 e. The number of rotatable bonds is 5. The van der Waals surface area contributed by atoms with Crippen molar-refractivity contribution in [3.8, 4) is 5.82 Å². The van der Waals surface area contributed by atoms with E-state index in [9.17, 15) is 9.59 Å². The molecule has 1 aliphatic rings. The van der Waals surface area contributed by atoms with Crippen molar-refractivity contribution in [2.24, 2.45) is 0 Å². The van der Waals surface area contributed by atoms with Gasteiger partial charge in [-0.3, -0.25) is 9.59 Å². The summed E-state index contributed by atoms with van der Waals surface area (Å²) in [5.41, 5.74) is 1.59. The minimum Gasteiger partial charge on any atom is -0.354 e. The number of aromatic nitrogens is 3. The number of pyridine rings is 1. The maximum absolute atomic E-state index is 13.3. The van der Waals surface area contributed by atoms with Crippen LogP contribution in [0.1, 0.15) is 38.4 Å². The van der Waals surface area contributed by atoms with Gasteiger partial charge in [-0.25, -0.2) is 9.67 Å². The summed E-state index contributed by atoms with van der Waals surface area (Å²) in [5, 5.41) is 8.03. The van der Waals surface area contributed by atoms with Gasteiger partial charge < -0.3 is 10.2 Å². The summed E-state index contributed by atoms with van der Waals surface area (Å²) in [6.07, 6.45) is 7.66. The number of hydrogen-bond acceptors (Lipinski definition) is 5. The van der Waals surface area contributed by atoms with E-state index in [0.29, 0.717) is 24.3 Å². The standard InChI is InChI=1S/C24H23N5O2S/c1-25-23(30)22-19(18-7-2-3-8-20(18)32-22)14-17-6-4-12-28(17)24(31)16-9-10-21(26-15-16)29-13-5-11-27-29/h2-3,5,7-11,13,15,17H,4,6,12,14H2,1H3,(H,25,30)/t17-/m1/s1. The molecule has 1 fully saturated rings. The molecule has 4 aromatic rings. The highest BCUT2D eigenvalue weighted by molar-refractivity contribution is 7.21. The number of likely N-dealkylation sites (tertiary alicyclic amines) is 1. The van der Waals surface area contributed by atoms with Gasteiger partial charge in [-0.1, -0.05) is 18.2 Å². The molecule has 0 radical (unpaired) electrons. The zero-order chi connectivity index (χ0) is 22.1. The Morgan fingerprint density at radius 3 is 2.81 bits per heavy atom. The molecule has 2 amide bonds. The molecule has 162 valence electrons. The second kappa shape index (κ2) is 8.55. The number of thiophene rings is 1. The lowest BCUT2D eigenvalue weighted by Crippen LogP contribution is -2.37. The Hall–Kier alpha value is -3.52. The zero-order valence-electron chi connectivity index (χ0n) is 17.7. The average molecular weight is 446 g/mol. The van der Waals surface area contributed by atoms with Crippen LogP contribution in [0.25, 0.3) is 15.9 Å². The van der Waals surface area contributed by atoms with Gasteiger partial charge >= 0.3 is 0 Å². The van der Waals surface area contributed by atoms with Crippen LogP contribution in [0, 0.1) is 0 Å². The number of hydrogen-bond donors (Lipinski definition) is 1. The minimum atomic E-state index is -0.0736. The normalized spacial score (nSPS) is 15.9. The lowest BCUT2D eigenvalue weighted by molar-refractivity contribution is 0.0736. The van der Waals surface area contributed by atoms with Crippen molar-refractivity contribution in [1.29, 1.82) is 0 Å². The quantitative estimate of drug-likeness (QED) is 0.508. The van der Waals surface area contributed by atoms with Gasteiger partial charge in [-0.2, -0.15) is 5.10 Å². The van der Waals surface area contributed by atoms with Gasteiger partial charge in [-0.15, -0.1) is 11.3 Å². The number of carbonyl (C=O) groups is 2. The maximum atomic E-state index is 13.3. The average Bonchev–Trinajstić information content (AvgIpc) is 3.59. The Balaban J connectivity index is 1.41. The maximum Gasteiger partial charge on any atom is 0.261 e. The fourth-order valence-corrected chi connectivity index (χ4v) is 5.55. The van der Waals surface area contributed by atoms with E-state index in [2.05, 4.69) is 21.5 Å². The van der Waals surface area contributed by atoms with Crippen molar-refractivity contribution in [3.63, 3.8) is 0 Å². The third-order valence-corrected chi connectivity index (χ3v) is 7.16. The molecule has 1 aromatic carbocycles. The fourth-order valence-electron chi connectivity index (χ4n) is 4.37. The summed E-state index contributed by atoms with van der Waals surface area (Å²) >= 11 is 1.51. The minimum absolute atomic E-state index is 0.0203. The Morgan fingerprint density at radius 2 is 2.06 bits per heavy atom. The molecule has 32 heavy (non-hydrogen) atoms. The largest absolute Gasteiger partial charge is 0.354 e. The molecule has 1 saturated heterocycles.